The summed E-state index contributed by atoms with van der Waals surface area (Å²) in [6.07, 6.45) is 0. The first kappa shape index (κ1) is 13.5. The van der Waals surface area contributed by atoms with E-state index in [-0.39, 0.29) is 17.3 Å². The number of nitro groups is 1. The first-order valence-corrected chi connectivity index (χ1v) is 5.37. The number of rotatable bonds is 3. The Hall–Kier alpha value is -2.97. The SMILES string of the molecule is CC(=O)c1c(-c2noc(C)n2)cc(O)c(O)c1[N+](=O)[O-]. The molecule has 0 fully saturated rings. The predicted molar refractivity (Wildman–Crippen MR) is 64.5 cm³/mol. The summed E-state index contributed by atoms with van der Waals surface area (Å²) in [6.45, 7) is 2.59. The molecule has 0 saturated heterocycles. The van der Waals surface area contributed by atoms with Gasteiger partial charge in [0.25, 0.3) is 0 Å². The van der Waals surface area contributed by atoms with E-state index in [0.29, 0.717) is 0 Å². The van der Waals surface area contributed by atoms with Crippen LogP contribution in [-0.2, 0) is 0 Å². The van der Waals surface area contributed by atoms with Gasteiger partial charge in [-0.15, -0.1) is 0 Å². The molecule has 1 aromatic carbocycles. The van der Waals surface area contributed by atoms with E-state index >= 15 is 0 Å². The zero-order valence-electron chi connectivity index (χ0n) is 10.4. The zero-order chi connectivity index (χ0) is 15.0. The van der Waals surface area contributed by atoms with Crippen LogP contribution in [0.5, 0.6) is 11.5 Å². The molecule has 104 valence electrons. The molecule has 0 amide bonds. The average molecular weight is 279 g/mol. The molecule has 0 unspecified atom stereocenters. The van der Waals surface area contributed by atoms with Crippen LogP contribution in [0.1, 0.15) is 23.2 Å². The number of nitro benzene ring substituents is 1. The van der Waals surface area contributed by atoms with Crippen LogP contribution in [-0.4, -0.2) is 31.1 Å². The van der Waals surface area contributed by atoms with Crippen molar-refractivity contribution in [3.63, 3.8) is 0 Å². The number of aromatic hydroxyl groups is 2. The third-order valence-corrected chi connectivity index (χ3v) is 2.56. The fourth-order valence-corrected chi connectivity index (χ4v) is 1.76. The molecule has 0 bridgehead atoms. The van der Waals surface area contributed by atoms with Crippen LogP contribution in [0.4, 0.5) is 5.69 Å². The van der Waals surface area contributed by atoms with Gasteiger partial charge in [0.2, 0.25) is 17.5 Å². The number of ketones is 1. The maximum atomic E-state index is 11.7. The topological polar surface area (TPSA) is 140 Å². The highest BCUT2D eigenvalue weighted by atomic mass is 16.6. The summed E-state index contributed by atoms with van der Waals surface area (Å²) in [5, 5.41) is 33.7. The Labute approximate surface area is 111 Å². The minimum atomic E-state index is -0.982. The van der Waals surface area contributed by atoms with Gasteiger partial charge in [-0.2, -0.15) is 4.98 Å². The van der Waals surface area contributed by atoms with Gasteiger partial charge >= 0.3 is 5.69 Å². The lowest BCUT2D eigenvalue weighted by molar-refractivity contribution is -0.386. The third kappa shape index (κ3) is 2.05. The molecule has 0 aliphatic heterocycles. The van der Waals surface area contributed by atoms with Gasteiger partial charge in [0, 0.05) is 12.5 Å². The summed E-state index contributed by atoms with van der Waals surface area (Å²) < 4.78 is 4.74. The second kappa shape index (κ2) is 4.61. The summed E-state index contributed by atoms with van der Waals surface area (Å²) in [5.41, 5.74) is -1.38. The number of aromatic nitrogens is 2. The summed E-state index contributed by atoms with van der Waals surface area (Å²) in [5.74, 6) is -2.32. The van der Waals surface area contributed by atoms with Crippen LogP contribution in [0.25, 0.3) is 11.4 Å². The molecule has 9 nitrogen and oxygen atoms in total. The highest BCUT2D eigenvalue weighted by molar-refractivity contribution is 6.05. The van der Waals surface area contributed by atoms with Crippen molar-refractivity contribution in [3.05, 3.63) is 27.6 Å². The van der Waals surface area contributed by atoms with Crippen molar-refractivity contribution < 1.29 is 24.5 Å². The highest BCUT2D eigenvalue weighted by Crippen LogP contribution is 2.43. The van der Waals surface area contributed by atoms with Crippen molar-refractivity contribution in [3.8, 4) is 22.9 Å². The van der Waals surface area contributed by atoms with E-state index in [1.54, 1.807) is 0 Å². The molecule has 0 aliphatic carbocycles. The molecule has 0 atom stereocenters. The maximum Gasteiger partial charge on any atom is 0.326 e. The van der Waals surface area contributed by atoms with Crippen LogP contribution in [0.15, 0.2) is 10.6 Å². The molecule has 9 heteroatoms. The number of hydrogen-bond donors (Lipinski definition) is 2. The molecule has 1 aromatic heterocycles. The van der Waals surface area contributed by atoms with Crippen molar-refractivity contribution in [2.75, 3.05) is 0 Å². The molecule has 2 N–H and O–H groups in total. The van der Waals surface area contributed by atoms with Gasteiger partial charge in [-0.05, 0) is 13.0 Å². The van der Waals surface area contributed by atoms with Gasteiger partial charge in [0.1, 0.15) is 5.56 Å². The van der Waals surface area contributed by atoms with E-state index in [4.69, 9.17) is 4.52 Å². The van der Waals surface area contributed by atoms with Crippen molar-refractivity contribution in [2.45, 2.75) is 13.8 Å². The lowest BCUT2D eigenvalue weighted by atomic mass is 10.00. The zero-order valence-corrected chi connectivity index (χ0v) is 10.4. The fourth-order valence-electron chi connectivity index (χ4n) is 1.76. The molecule has 0 saturated carbocycles. The lowest BCUT2D eigenvalue weighted by Crippen LogP contribution is -2.04. The quantitative estimate of drug-likeness (QED) is 0.373. The molecule has 2 rings (SSSR count). The summed E-state index contributed by atoms with van der Waals surface area (Å²) >= 11 is 0. The van der Waals surface area contributed by atoms with Crippen molar-refractivity contribution in [1.29, 1.82) is 0 Å². The number of Topliss-reactive ketones (excluding diaryl/α,β-unsaturated/α-hetero) is 1. The minimum absolute atomic E-state index is 0.0867. The predicted octanol–water partition coefficient (Wildman–Crippen LogP) is 1.57. The van der Waals surface area contributed by atoms with Crippen LogP contribution in [0.2, 0.25) is 0 Å². The number of nitrogens with zero attached hydrogens (tertiary/aromatic N) is 3. The lowest BCUT2D eigenvalue weighted by Gasteiger charge is -2.07. The second-order valence-electron chi connectivity index (χ2n) is 3.97. The van der Waals surface area contributed by atoms with E-state index < -0.39 is 33.5 Å². The van der Waals surface area contributed by atoms with E-state index in [0.717, 1.165) is 13.0 Å². The molecular weight excluding hydrogens is 270 g/mol. The Bertz CT molecular complexity index is 721. The van der Waals surface area contributed by atoms with Crippen LogP contribution >= 0.6 is 0 Å². The molecule has 0 spiro atoms. The molecule has 1 heterocycles. The van der Waals surface area contributed by atoms with Gasteiger partial charge < -0.3 is 14.7 Å². The monoisotopic (exact) mass is 279 g/mol. The number of phenols is 2. The van der Waals surface area contributed by atoms with E-state index in [1.165, 1.54) is 6.92 Å². The number of aryl methyl sites for hydroxylation is 1. The Morgan fingerprint density at radius 1 is 1.45 bits per heavy atom. The van der Waals surface area contributed by atoms with Crippen molar-refractivity contribution in [2.24, 2.45) is 0 Å². The van der Waals surface area contributed by atoms with E-state index in [2.05, 4.69) is 10.1 Å². The maximum absolute atomic E-state index is 11.7. The van der Waals surface area contributed by atoms with Gasteiger partial charge in [-0.1, -0.05) is 5.16 Å². The van der Waals surface area contributed by atoms with Crippen LogP contribution < -0.4 is 0 Å². The smallest absolute Gasteiger partial charge is 0.326 e. The number of carbonyl (C=O) groups is 1. The Morgan fingerprint density at radius 3 is 2.55 bits per heavy atom. The molecule has 20 heavy (non-hydrogen) atoms. The minimum Gasteiger partial charge on any atom is -0.504 e. The first-order chi connectivity index (χ1) is 9.32. The Balaban J connectivity index is 2.87. The Kier molecular flexibility index (Phi) is 3.10. The second-order valence-corrected chi connectivity index (χ2v) is 3.97. The van der Waals surface area contributed by atoms with E-state index in [9.17, 15) is 25.1 Å². The van der Waals surface area contributed by atoms with Gasteiger partial charge in [-0.3, -0.25) is 14.9 Å². The largest absolute Gasteiger partial charge is 0.504 e. The molecule has 0 aliphatic rings. The van der Waals surface area contributed by atoms with Crippen molar-refractivity contribution >= 4 is 11.5 Å². The summed E-state index contributed by atoms with van der Waals surface area (Å²) in [4.78, 5) is 25.6. The fraction of sp³-hybridized carbons (Fsp3) is 0.182. The highest BCUT2D eigenvalue weighted by Gasteiger charge is 2.31. The average Bonchev–Trinajstić information content (AvgIpc) is 2.77. The molecular formula is C11H9N3O6. The van der Waals surface area contributed by atoms with Crippen LogP contribution in [0.3, 0.4) is 0 Å². The van der Waals surface area contributed by atoms with Gasteiger partial charge in [0.05, 0.1) is 4.92 Å². The third-order valence-electron chi connectivity index (χ3n) is 2.56. The number of hydrogen-bond acceptors (Lipinski definition) is 8. The number of benzene rings is 1. The van der Waals surface area contributed by atoms with E-state index in [1.807, 2.05) is 0 Å². The van der Waals surface area contributed by atoms with Gasteiger partial charge in [-0.25, -0.2) is 0 Å². The van der Waals surface area contributed by atoms with Gasteiger partial charge in [0.15, 0.2) is 11.5 Å². The molecule has 0 radical (unpaired) electrons. The standard InChI is InChI=1S/C11H9N3O6/c1-4(15)8-6(11-12-5(2)20-13-11)3-7(16)10(17)9(8)14(18)19/h3,16-17H,1-2H3. The van der Waals surface area contributed by atoms with Crippen LogP contribution in [0, 0.1) is 17.0 Å². The normalized spacial score (nSPS) is 10.5. The first-order valence-electron chi connectivity index (χ1n) is 5.37. The van der Waals surface area contributed by atoms with Crippen molar-refractivity contribution in [1.82, 2.24) is 10.1 Å². The number of carbonyl (C=O) groups excluding carboxylic acids is 1. The molecule has 2 aromatic rings. The summed E-state index contributed by atoms with van der Waals surface area (Å²) in [7, 11) is 0. The summed E-state index contributed by atoms with van der Waals surface area (Å²) in [6, 6.07) is 0.976. The Morgan fingerprint density at radius 2 is 2.10 bits per heavy atom. The number of phenolic OH excluding ortho intramolecular Hbond substituents is 2.